The Balaban J connectivity index is 1.81. The van der Waals surface area contributed by atoms with E-state index in [2.05, 4.69) is 5.32 Å². The maximum Gasteiger partial charge on any atom is 0.245 e. The minimum atomic E-state index is -0.322. The van der Waals surface area contributed by atoms with Crippen LogP contribution in [0.25, 0.3) is 0 Å². The van der Waals surface area contributed by atoms with Gasteiger partial charge in [0, 0.05) is 26.1 Å². The van der Waals surface area contributed by atoms with Crippen LogP contribution in [-0.2, 0) is 14.3 Å². The van der Waals surface area contributed by atoms with Crippen LogP contribution in [0.4, 0.5) is 0 Å². The number of nitrogens with one attached hydrogen (secondary N) is 1. The molecule has 2 aliphatic rings. The molecule has 2 fully saturated rings. The molecule has 2 atom stereocenters. The molecule has 0 radical (unpaired) electrons. The van der Waals surface area contributed by atoms with Gasteiger partial charge >= 0.3 is 0 Å². The molecule has 20 heavy (non-hydrogen) atoms. The molecule has 1 N–H and O–H groups in total. The summed E-state index contributed by atoms with van der Waals surface area (Å²) < 4.78 is 5.60. The summed E-state index contributed by atoms with van der Waals surface area (Å²) in [4.78, 5) is 25.9. The van der Waals surface area contributed by atoms with Gasteiger partial charge in [-0.2, -0.15) is 0 Å². The van der Waals surface area contributed by atoms with Crippen molar-refractivity contribution >= 4 is 11.8 Å². The molecule has 5 heteroatoms. The van der Waals surface area contributed by atoms with E-state index in [-0.39, 0.29) is 17.9 Å². The van der Waals surface area contributed by atoms with Crippen LogP contribution in [0.15, 0.2) is 0 Å². The number of rotatable bonds is 6. The highest BCUT2D eigenvalue weighted by atomic mass is 16.5. The molecule has 5 nitrogen and oxygen atoms in total. The maximum absolute atomic E-state index is 12.4. The van der Waals surface area contributed by atoms with Gasteiger partial charge in [0.15, 0.2) is 0 Å². The van der Waals surface area contributed by atoms with Crippen molar-refractivity contribution in [2.45, 2.75) is 64.0 Å². The molecule has 2 aliphatic heterocycles. The second-order valence-electron chi connectivity index (χ2n) is 5.76. The summed E-state index contributed by atoms with van der Waals surface area (Å²) in [6.07, 6.45) is 6.71. The summed E-state index contributed by atoms with van der Waals surface area (Å²) in [6, 6.07) is -0.322. The van der Waals surface area contributed by atoms with Crippen molar-refractivity contribution in [2.75, 3.05) is 19.7 Å². The van der Waals surface area contributed by atoms with Crippen LogP contribution < -0.4 is 5.32 Å². The molecule has 114 valence electrons. The highest BCUT2D eigenvalue weighted by Gasteiger charge is 2.28. The van der Waals surface area contributed by atoms with E-state index in [0.29, 0.717) is 19.1 Å². The number of hydrogen-bond acceptors (Lipinski definition) is 3. The number of carbonyl (C=O) groups excluding carboxylic acids is 2. The lowest BCUT2D eigenvalue weighted by Crippen LogP contribution is -2.44. The molecule has 0 aromatic rings. The lowest BCUT2D eigenvalue weighted by Gasteiger charge is -2.24. The van der Waals surface area contributed by atoms with Gasteiger partial charge in [-0.25, -0.2) is 0 Å². The zero-order valence-corrected chi connectivity index (χ0v) is 12.4. The molecule has 2 rings (SSSR count). The number of nitrogens with zero attached hydrogens (tertiary/aromatic N) is 1. The van der Waals surface area contributed by atoms with E-state index in [1.807, 2.05) is 11.8 Å². The standard InChI is InChI=1S/C15H26N2O3/c1-2-5-13-15(19)17(10-8-14(18)16-13)9-3-6-12-7-4-11-20-12/h12-13H,2-11H2,1H3,(H,16,18). The third kappa shape index (κ3) is 4.20. The van der Waals surface area contributed by atoms with Crippen LogP contribution in [0.3, 0.4) is 0 Å². The van der Waals surface area contributed by atoms with E-state index in [1.54, 1.807) is 0 Å². The number of hydrogen-bond donors (Lipinski definition) is 1. The Morgan fingerprint density at radius 3 is 2.90 bits per heavy atom. The molecule has 2 heterocycles. The fraction of sp³-hybridized carbons (Fsp3) is 0.867. The van der Waals surface area contributed by atoms with Gasteiger partial charge in [0.25, 0.3) is 0 Å². The molecule has 2 unspecified atom stereocenters. The smallest absolute Gasteiger partial charge is 0.245 e. The van der Waals surface area contributed by atoms with Crippen LogP contribution in [0.2, 0.25) is 0 Å². The van der Waals surface area contributed by atoms with Crippen molar-refractivity contribution in [3.8, 4) is 0 Å². The van der Waals surface area contributed by atoms with Crippen molar-refractivity contribution in [1.29, 1.82) is 0 Å². The number of amides is 2. The number of ether oxygens (including phenoxy) is 1. The Kier molecular flexibility index (Phi) is 5.83. The van der Waals surface area contributed by atoms with Crippen LogP contribution in [0.1, 0.15) is 51.9 Å². The quantitative estimate of drug-likeness (QED) is 0.802. The van der Waals surface area contributed by atoms with Crippen LogP contribution in [0.5, 0.6) is 0 Å². The average molecular weight is 282 g/mol. The SMILES string of the molecule is CCCC1NC(=O)CCN(CCCC2CCCO2)C1=O. The third-order valence-electron chi connectivity index (χ3n) is 4.11. The van der Waals surface area contributed by atoms with Crippen LogP contribution in [-0.4, -0.2) is 48.6 Å². The van der Waals surface area contributed by atoms with Crippen molar-refractivity contribution in [3.63, 3.8) is 0 Å². The first-order valence-electron chi connectivity index (χ1n) is 7.90. The van der Waals surface area contributed by atoms with Crippen molar-refractivity contribution in [3.05, 3.63) is 0 Å². The summed E-state index contributed by atoms with van der Waals surface area (Å²) in [5.41, 5.74) is 0. The maximum atomic E-state index is 12.4. The van der Waals surface area contributed by atoms with Gasteiger partial charge in [0.1, 0.15) is 6.04 Å². The van der Waals surface area contributed by atoms with E-state index in [1.165, 1.54) is 0 Å². The summed E-state index contributed by atoms with van der Waals surface area (Å²) >= 11 is 0. The Morgan fingerprint density at radius 2 is 2.20 bits per heavy atom. The van der Waals surface area contributed by atoms with Crippen LogP contribution in [0, 0.1) is 0 Å². The first-order chi connectivity index (χ1) is 9.70. The summed E-state index contributed by atoms with van der Waals surface area (Å²) in [7, 11) is 0. The predicted octanol–water partition coefficient (Wildman–Crippen LogP) is 1.46. The highest BCUT2D eigenvalue weighted by Crippen LogP contribution is 2.17. The van der Waals surface area contributed by atoms with Gasteiger partial charge in [0.2, 0.25) is 11.8 Å². The lowest BCUT2D eigenvalue weighted by molar-refractivity contribution is -0.133. The van der Waals surface area contributed by atoms with Gasteiger partial charge < -0.3 is 15.0 Å². The minimum absolute atomic E-state index is 0.00146. The second kappa shape index (κ2) is 7.62. The van der Waals surface area contributed by atoms with Gasteiger partial charge in [-0.05, 0) is 32.1 Å². The van der Waals surface area contributed by atoms with Gasteiger partial charge in [-0.1, -0.05) is 13.3 Å². The molecule has 0 aromatic carbocycles. The average Bonchev–Trinajstić information content (AvgIpc) is 2.90. The summed E-state index contributed by atoms with van der Waals surface area (Å²) in [5, 5.41) is 2.84. The molecule has 0 bridgehead atoms. The molecule has 0 aliphatic carbocycles. The molecular weight excluding hydrogens is 256 g/mol. The summed E-state index contributed by atoms with van der Waals surface area (Å²) in [5.74, 6) is 0.0865. The molecule has 0 spiro atoms. The Bertz CT molecular complexity index is 340. The summed E-state index contributed by atoms with van der Waals surface area (Å²) in [6.45, 7) is 4.21. The lowest BCUT2D eigenvalue weighted by atomic mass is 10.1. The number of carbonyl (C=O) groups is 2. The molecule has 2 amide bonds. The first kappa shape index (κ1) is 15.3. The van der Waals surface area contributed by atoms with Crippen molar-refractivity contribution in [1.82, 2.24) is 10.2 Å². The monoisotopic (exact) mass is 282 g/mol. The minimum Gasteiger partial charge on any atom is -0.378 e. The van der Waals surface area contributed by atoms with E-state index in [0.717, 1.165) is 51.7 Å². The Labute approximate surface area is 121 Å². The molecule has 2 saturated heterocycles. The van der Waals surface area contributed by atoms with E-state index < -0.39 is 0 Å². The van der Waals surface area contributed by atoms with E-state index >= 15 is 0 Å². The topological polar surface area (TPSA) is 58.6 Å². The third-order valence-corrected chi connectivity index (χ3v) is 4.11. The van der Waals surface area contributed by atoms with Crippen molar-refractivity contribution < 1.29 is 14.3 Å². The molecule has 0 saturated carbocycles. The fourth-order valence-electron chi connectivity index (χ4n) is 2.98. The molecular formula is C15H26N2O3. The Hall–Kier alpha value is -1.10. The fourth-order valence-corrected chi connectivity index (χ4v) is 2.98. The predicted molar refractivity (Wildman–Crippen MR) is 76.2 cm³/mol. The zero-order valence-electron chi connectivity index (χ0n) is 12.4. The van der Waals surface area contributed by atoms with E-state index in [9.17, 15) is 9.59 Å². The second-order valence-corrected chi connectivity index (χ2v) is 5.76. The first-order valence-corrected chi connectivity index (χ1v) is 7.90. The van der Waals surface area contributed by atoms with Gasteiger partial charge in [-0.15, -0.1) is 0 Å². The van der Waals surface area contributed by atoms with Gasteiger partial charge in [-0.3, -0.25) is 9.59 Å². The largest absolute Gasteiger partial charge is 0.378 e. The normalized spacial score (nSPS) is 27.6. The molecule has 0 aromatic heterocycles. The van der Waals surface area contributed by atoms with E-state index in [4.69, 9.17) is 4.74 Å². The van der Waals surface area contributed by atoms with Crippen molar-refractivity contribution in [2.24, 2.45) is 0 Å². The highest BCUT2D eigenvalue weighted by molar-refractivity contribution is 5.89. The zero-order chi connectivity index (χ0) is 14.4. The van der Waals surface area contributed by atoms with Gasteiger partial charge in [0.05, 0.1) is 6.10 Å². The van der Waals surface area contributed by atoms with Crippen LogP contribution >= 0.6 is 0 Å². The Morgan fingerprint density at radius 1 is 1.35 bits per heavy atom.